The summed E-state index contributed by atoms with van der Waals surface area (Å²) >= 11 is 0. The number of aliphatic hydroxyl groups excluding tert-OH is 1. The van der Waals surface area contributed by atoms with Gasteiger partial charge in [-0.25, -0.2) is 0 Å². The summed E-state index contributed by atoms with van der Waals surface area (Å²) in [4.78, 5) is 0. The van der Waals surface area contributed by atoms with Crippen LogP contribution in [-0.2, 0) is 0 Å². The van der Waals surface area contributed by atoms with Gasteiger partial charge in [0.05, 0.1) is 0 Å². The van der Waals surface area contributed by atoms with Crippen LogP contribution in [0.4, 0.5) is 0 Å². The number of hydrogen-bond donors (Lipinski definition) is 3. The van der Waals surface area contributed by atoms with Gasteiger partial charge in [-0.05, 0) is 37.5 Å². The summed E-state index contributed by atoms with van der Waals surface area (Å²) in [5, 5.41) is 13.2. The second-order valence-corrected chi connectivity index (χ2v) is 5.89. The van der Waals surface area contributed by atoms with E-state index in [4.69, 9.17) is 5.73 Å². The molecule has 2 rings (SSSR count). The van der Waals surface area contributed by atoms with Gasteiger partial charge in [-0.3, -0.25) is 0 Å². The van der Waals surface area contributed by atoms with Crippen molar-refractivity contribution in [1.82, 2.24) is 5.32 Å². The van der Waals surface area contributed by atoms with E-state index in [1.165, 1.54) is 51.4 Å². The van der Waals surface area contributed by atoms with Gasteiger partial charge in [0.1, 0.15) is 0 Å². The maximum absolute atomic E-state index is 9.44. The van der Waals surface area contributed by atoms with Crippen LogP contribution in [0.2, 0.25) is 0 Å². The van der Waals surface area contributed by atoms with Crippen molar-refractivity contribution in [3.05, 3.63) is 0 Å². The molecule has 0 bridgehead atoms. The highest BCUT2D eigenvalue weighted by molar-refractivity contribution is 4.88. The number of aliphatic hydroxyl groups is 1. The van der Waals surface area contributed by atoms with Gasteiger partial charge in [0.25, 0.3) is 0 Å². The Morgan fingerprint density at radius 1 is 1.06 bits per heavy atom. The van der Waals surface area contributed by atoms with Crippen LogP contribution in [0.15, 0.2) is 0 Å². The van der Waals surface area contributed by atoms with E-state index in [9.17, 15) is 5.11 Å². The Morgan fingerprint density at radius 2 is 1.71 bits per heavy atom. The molecule has 0 aromatic carbocycles. The van der Waals surface area contributed by atoms with E-state index in [1.807, 2.05) is 0 Å². The Kier molecular flexibility index (Phi) is 5.26. The maximum Gasteiger partial charge on any atom is 0.0474 e. The van der Waals surface area contributed by atoms with Crippen LogP contribution < -0.4 is 11.1 Å². The first-order valence-corrected chi connectivity index (χ1v) is 7.42. The molecule has 0 aromatic heterocycles. The molecule has 3 unspecified atom stereocenters. The summed E-state index contributed by atoms with van der Waals surface area (Å²) in [5.74, 6) is 1.24. The minimum atomic E-state index is 0.333. The van der Waals surface area contributed by atoms with Gasteiger partial charge in [0.2, 0.25) is 0 Å². The van der Waals surface area contributed by atoms with Crippen molar-refractivity contribution in [1.29, 1.82) is 0 Å². The number of rotatable bonds is 5. The Hall–Kier alpha value is -0.120. The van der Waals surface area contributed by atoms with Crippen molar-refractivity contribution < 1.29 is 5.11 Å². The molecular formula is C14H28N2O. The lowest BCUT2D eigenvalue weighted by Gasteiger charge is -2.36. The SMILES string of the molecule is NCC(NC1CCCCC1CO)C1CCCC1. The van der Waals surface area contributed by atoms with Crippen LogP contribution in [0.5, 0.6) is 0 Å². The molecule has 0 aliphatic heterocycles. The van der Waals surface area contributed by atoms with E-state index in [1.54, 1.807) is 0 Å². The molecule has 2 fully saturated rings. The molecule has 0 radical (unpaired) electrons. The summed E-state index contributed by atoms with van der Waals surface area (Å²) in [7, 11) is 0. The quantitative estimate of drug-likeness (QED) is 0.685. The summed E-state index contributed by atoms with van der Waals surface area (Å²) < 4.78 is 0. The lowest BCUT2D eigenvalue weighted by molar-refractivity contribution is 0.139. The first-order chi connectivity index (χ1) is 8.35. The van der Waals surface area contributed by atoms with Crippen molar-refractivity contribution in [3.8, 4) is 0 Å². The van der Waals surface area contributed by atoms with Crippen molar-refractivity contribution in [3.63, 3.8) is 0 Å². The lowest BCUT2D eigenvalue weighted by atomic mass is 9.83. The van der Waals surface area contributed by atoms with Gasteiger partial charge in [0, 0.05) is 25.2 Å². The fourth-order valence-corrected chi connectivity index (χ4v) is 3.68. The average molecular weight is 240 g/mol. The zero-order chi connectivity index (χ0) is 12.1. The average Bonchev–Trinajstić information content (AvgIpc) is 2.90. The number of hydrogen-bond acceptors (Lipinski definition) is 3. The first-order valence-electron chi connectivity index (χ1n) is 7.42. The fraction of sp³-hybridized carbons (Fsp3) is 1.00. The van der Waals surface area contributed by atoms with Gasteiger partial charge in [-0.1, -0.05) is 25.7 Å². The monoisotopic (exact) mass is 240 g/mol. The zero-order valence-corrected chi connectivity index (χ0v) is 10.9. The van der Waals surface area contributed by atoms with Gasteiger partial charge < -0.3 is 16.2 Å². The van der Waals surface area contributed by atoms with Crippen molar-refractivity contribution in [2.24, 2.45) is 17.6 Å². The molecule has 0 spiro atoms. The van der Waals surface area contributed by atoms with Crippen LogP contribution in [0.3, 0.4) is 0 Å². The fourth-order valence-electron chi connectivity index (χ4n) is 3.68. The Balaban J connectivity index is 1.87. The molecule has 3 heteroatoms. The molecule has 4 N–H and O–H groups in total. The highest BCUT2D eigenvalue weighted by atomic mass is 16.3. The Bertz CT molecular complexity index is 214. The van der Waals surface area contributed by atoms with Crippen LogP contribution >= 0.6 is 0 Å². The summed E-state index contributed by atoms with van der Waals surface area (Å²) in [6.45, 7) is 1.08. The number of nitrogens with two attached hydrogens (primary N) is 1. The normalized spacial score (nSPS) is 32.8. The first kappa shape index (κ1) is 13.3. The molecule has 3 atom stereocenters. The van der Waals surface area contributed by atoms with E-state index >= 15 is 0 Å². The second-order valence-electron chi connectivity index (χ2n) is 5.89. The van der Waals surface area contributed by atoms with Gasteiger partial charge in [-0.15, -0.1) is 0 Å². The topological polar surface area (TPSA) is 58.3 Å². The van der Waals surface area contributed by atoms with Crippen molar-refractivity contribution in [2.75, 3.05) is 13.2 Å². The Labute approximate surface area is 105 Å². The maximum atomic E-state index is 9.44. The van der Waals surface area contributed by atoms with Crippen molar-refractivity contribution in [2.45, 2.75) is 63.5 Å². The second kappa shape index (κ2) is 6.72. The molecule has 17 heavy (non-hydrogen) atoms. The van der Waals surface area contributed by atoms with E-state index in [0.29, 0.717) is 24.6 Å². The summed E-state index contributed by atoms with van der Waals surface area (Å²) in [6, 6.07) is 0.984. The van der Waals surface area contributed by atoms with Crippen LogP contribution in [-0.4, -0.2) is 30.3 Å². The molecule has 0 amide bonds. The summed E-state index contributed by atoms with van der Waals surface area (Å²) in [6.07, 6.45) is 10.4. The molecule has 100 valence electrons. The molecule has 2 aliphatic rings. The Morgan fingerprint density at radius 3 is 2.35 bits per heavy atom. The molecular weight excluding hydrogens is 212 g/mol. The summed E-state index contributed by atoms with van der Waals surface area (Å²) in [5.41, 5.74) is 5.93. The molecule has 0 aromatic rings. The molecule has 2 saturated carbocycles. The third kappa shape index (κ3) is 3.43. The molecule has 0 heterocycles. The molecule has 3 nitrogen and oxygen atoms in total. The van der Waals surface area contributed by atoms with E-state index in [0.717, 1.165) is 12.5 Å². The predicted octanol–water partition coefficient (Wildman–Crippen LogP) is 1.64. The lowest BCUT2D eigenvalue weighted by Crippen LogP contribution is -2.51. The largest absolute Gasteiger partial charge is 0.396 e. The van der Waals surface area contributed by atoms with Gasteiger partial charge in [-0.2, -0.15) is 0 Å². The van der Waals surface area contributed by atoms with E-state index in [2.05, 4.69) is 5.32 Å². The third-order valence-electron chi connectivity index (χ3n) is 4.79. The van der Waals surface area contributed by atoms with Crippen molar-refractivity contribution >= 4 is 0 Å². The highest BCUT2D eigenvalue weighted by Gasteiger charge is 2.30. The minimum Gasteiger partial charge on any atom is -0.396 e. The minimum absolute atomic E-state index is 0.333. The van der Waals surface area contributed by atoms with Crippen LogP contribution in [0, 0.1) is 11.8 Å². The smallest absolute Gasteiger partial charge is 0.0474 e. The standard InChI is InChI=1S/C14H28N2O/c15-9-14(11-5-1-2-6-11)16-13-8-4-3-7-12(13)10-17/h11-14,16-17H,1-10,15H2. The van der Waals surface area contributed by atoms with E-state index in [-0.39, 0.29) is 0 Å². The molecule has 0 saturated heterocycles. The van der Waals surface area contributed by atoms with E-state index < -0.39 is 0 Å². The van der Waals surface area contributed by atoms with Crippen LogP contribution in [0.25, 0.3) is 0 Å². The van der Waals surface area contributed by atoms with Gasteiger partial charge >= 0.3 is 0 Å². The third-order valence-corrected chi connectivity index (χ3v) is 4.79. The number of nitrogens with one attached hydrogen (secondary N) is 1. The van der Waals surface area contributed by atoms with Crippen LogP contribution in [0.1, 0.15) is 51.4 Å². The predicted molar refractivity (Wildman–Crippen MR) is 70.8 cm³/mol. The molecule has 2 aliphatic carbocycles. The van der Waals surface area contributed by atoms with Gasteiger partial charge in [0.15, 0.2) is 0 Å². The zero-order valence-electron chi connectivity index (χ0n) is 10.9. The highest BCUT2D eigenvalue weighted by Crippen LogP contribution is 2.30.